The van der Waals surface area contributed by atoms with Crippen LogP contribution in [0.5, 0.6) is 0 Å². The van der Waals surface area contributed by atoms with Crippen LogP contribution in [0.1, 0.15) is 35.1 Å². The molecule has 1 saturated heterocycles. The van der Waals surface area contributed by atoms with Crippen molar-refractivity contribution >= 4 is 18.3 Å². The van der Waals surface area contributed by atoms with Gasteiger partial charge >= 0.3 is 0 Å². The lowest BCUT2D eigenvalue weighted by Crippen LogP contribution is -2.35. The van der Waals surface area contributed by atoms with Crippen molar-refractivity contribution in [2.45, 2.75) is 33.2 Å². The van der Waals surface area contributed by atoms with E-state index in [-0.39, 0.29) is 24.4 Å². The van der Waals surface area contributed by atoms with Crippen LogP contribution in [-0.2, 0) is 0 Å². The molecular formula is C12H21ClN4O. The van der Waals surface area contributed by atoms with E-state index >= 15 is 0 Å². The maximum atomic E-state index is 12.4. The molecule has 2 atom stereocenters. The van der Waals surface area contributed by atoms with Crippen LogP contribution in [0.3, 0.4) is 0 Å². The first kappa shape index (κ1) is 15.0. The number of aromatic nitrogens is 2. The second kappa shape index (κ2) is 5.71. The number of carbonyl (C=O) groups excluding carboxylic acids is 1. The number of nitrogens with two attached hydrogens (primary N) is 1. The Kier molecular flexibility index (Phi) is 4.76. The minimum atomic E-state index is 0. The summed E-state index contributed by atoms with van der Waals surface area (Å²) in [6, 6.07) is 0.257. The van der Waals surface area contributed by atoms with Gasteiger partial charge < -0.3 is 10.6 Å². The lowest BCUT2D eigenvalue weighted by Gasteiger charge is -2.20. The molecule has 1 aliphatic rings. The molecule has 1 aromatic rings. The normalized spacial score (nSPS) is 23.0. The Hall–Kier alpha value is -1.07. The number of hydrogen-bond acceptors (Lipinski definition) is 3. The molecule has 2 heterocycles. The molecule has 5 nitrogen and oxygen atoms in total. The van der Waals surface area contributed by atoms with Crippen LogP contribution in [0.2, 0.25) is 0 Å². The van der Waals surface area contributed by atoms with E-state index < -0.39 is 0 Å². The maximum Gasteiger partial charge on any atom is 0.274 e. The predicted molar refractivity (Wildman–Crippen MR) is 73.0 cm³/mol. The van der Waals surface area contributed by atoms with Crippen LogP contribution >= 0.6 is 12.4 Å². The van der Waals surface area contributed by atoms with Crippen molar-refractivity contribution in [3.05, 3.63) is 17.0 Å². The zero-order valence-corrected chi connectivity index (χ0v) is 11.9. The van der Waals surface area contributed by atoms with Gasteiger partial charge in [-0.15, -0.1) is 12.4 Å². The van der Waals surface area contributed by atoms with Gasteiger partial charge in [-0.05, 0) is 39.7 Å². The molecule has 0 aromatic carbocycles. The third kappa shape index (κ3) is 2.52. The van der Waals surface area contributed by atoms with Crippen LogP contribution < -0.4 is 5.73 Å². The maximum absolute atomic E-state index is 12.4. The number of amides is 1. The number of nitrogens with one attached hydrogen (secondary N) is 1. The van der Waals surface area contributed by atoms with Gasteiger partial charge in [-0.1, -0.05) is 0 Å². The fraction of sp³-hybridized carbons (Fsp3) is 0.667. The summed E-state index contributed by atoms with van der Waals surface area (Å²) >= 11 is 0. The van der Waals surface area contributed by atoms with Crippen molar-refractivity contribution in [2.75, 3.05) is 13.1 Å². The Morgan fingerprint density at radius 3 is 2.67 bits per heavy atom. The van der Waals surface area contributed by atoms with Gasteiger partial charge in [0.15, 0.2) is 5.69 Å². The molecule has 3 N–H and O–H groups in total. The summed E-state index contributed by atoms with van der Waals surface area (Å²) in [5, 5.41) is 6.96. The summed E-state index contributed by atoms with van der Waals surface area (Å²) in [4.78, 5) is 14.2. The SMILES string of the molecule is Cc1[nH]nc(C(=O)N2CC(CN)CC2C)c1C.Cl. The highest BCUT2D eigenvalue weighted by Gasteiger charge is 2.33. The first-order chi connectivity index (χ1) is 8.04. The zero-order valence-electron chi connectivity index (χ0n) is 11.1. The fourth-order valence-electron chi connectivity index (χ4n) is 2.43. The van der Waals surface area contributed by atoms with Gasteiger partial charge in [-0.2, -0.15) is 5.10 Å². The highest BCUT2D eigenvalue weighted by Crippen LogP contribution is 2.24. The Morgan fingerprint density at radius 1 is 1.56 bits per heavy atom. The Morgan fingerprint density at radius 2 is 2.22 bits per heavy atom. The summed E-state index contributed by atoms with van der Waals surface area (Å²) < 4.78 is 0. The lowest BCUT2D eigenvalue weighted by atomic mass is 10.1. The minimum absolute atomic E-state index is 0. The summed E-state index contributed by atoms with van der Waals surface area (Å²) in [6.45, 7) is 7.32. The number of aryl methyl sites for hydroxylation is 1. The van der Waals surface area contributed by atoms with E-state index in [1.807, 2.05) is 18.7 Å². The zero-order chi connectivity index (χ0) is 12.6. The van der Waals surface area contributed by atoms with Gasteiger partial charge in [-0.3, -0.25) is 9.89 Å². The Bertz CT molecular complexity index is 432. The van der Waals surface area contributed by atoms with Gasteiger partial charge in [0.2, 0.25) is 0 Å². The molecular weight excluding hydrogens is 252 g/mol. The number of H-pyrrole nitrogens is 1. The van der Waals surface area contributed by atoms with Crippen molar-refractivity contribution in [1.29, 1.82) is 0 Å². The van der Waals surface area contributed by atoms with E-state index in [1.54, 1.807) is 0 Å². The van der Waals surface area contributed by atoms with E-state index in [4.69, 9.17) is 5.73 Å². The third-order valence-electron chi connectivity index (χ3n) is 3.71. The van der Waals surface area contributed by atoms with Crippen LogP contribution in [0.15, 0.2) is 0 Å². The van der Waals surface area contributed by atoms with E-state index in [9.17, 15) is 4.79 Å². The molecule has 0 aliphatic carbocycles. The molecule has 102 valence electrons. The Balaban J connectivity index is 0.00000162. The van der Waals surface area contributed by atoms with E-state index in [0.717, 1.165) is 24.2 Å². The fourth-order valence-corrected chi connectivity index (χ4v) is 2.43. The summed E-state index contributed by atoms with van der Waals surface area (Å²) in [7, 11) is 0. The van der Waals surface area contributed by atoms with E-state index in [1.165, 1.54) is 0 Å². The van der Waals surface area contributed by atoms with E-state index in [0.29, 0.717) is 18.2 Å². The van der Waals surface area contributed by atoms with Gasteiger partial charge in [0.05, 0.1) is 0 Å². The molecule has 0 bridgehead atoms. The number of nitrogens with zero attached hydrogens (tertiary/aromatic N) is 2. The van der Waals surface area contributed by atoms with Gasteiger partial charge in [0, 0.05) is 23.8 Å². The predicted octanol–water partition coefficient (Wildman–Crippen LogP) is 1.26. The van der Waals surface area contributed by atoms with Crippen molar-refractivity contribution < 1.29 is 4.79 Å². The van der Waals surface area contributed by atoms with Crippen LogP contribution in [0.4, 0.5) is 0 Å². The topological polar surface area (TPSA) is 75.0 Å². The van der Waals surface area contributed by atoms with Crippen molar-refractivity contribution in [1.82, 2.24) is 15.1 Å². The van der Waals surface area contributed by atoms with Crippen molar-refractivity contribution in [3.8, 4) is 0 Å². The van der Waals surface area contributed by atoms with Gasteiger partial charge in [0.1, 0.15) is 0 Å². The molecule has 1 aliphatic heterocycles. The highest BCUT2D eigenvalue weighted by atomic mass is 35.5. The summed E-state index contributed by atoms with van der Waals surface area (Å²) in [5.74, 6) is 0.449. The van der Waals surface area contributed by atoms with Gasteiger partial charge in [-0.25, -0.2) is 0 Å². The average molecular weight is 273 g/mol. The molecule has 2 rings (SSSR count). The molecule has 0 radical (unpaired) electrons. The minimum Gasteiger partial charge on any atom is -0.334 e. The molecule has 1 aromatic heterocycles. The monoisotopic (exact) mass is 272 g/mol. The second-order valence-electron chi connectivity index (χ2n) is 4.97. The second-order valence-corrected chi connectivity index (χ2v) is 4.97. The summed E-state index contributed by atoms with van der Waals surface area (Å²) in [6.07, 6.45) is 0.991. The molecule has 0 saturated carbocycles. The molecule has 1 fully saturated rings. The molecule has 2 unspecified atom stereocenters. The average Bonchev–Trinajstić information content (AvgIpc) is 2.83. The molecule has 1 amide bonds. The summed E-state index contributed by atoms with van der Waals surface area (Å²) in [5.41, 5.74) is 8.12. The number of hydrogen-bond donors (Lipinski definition) is 2. The number of halogens is 1. The first-order valence-electron chi connectivity index (χ1n) is 6.07. The third-order valence-corrected chi connectivity index (χ3v) is 3.71. The quantitative estimate of drug-likeness (QED) is 0.851. The number of rotatable bonds is 2. The number of aromatic amines is 1. The molecule has 6 heteroatoms. The highest BCUT2D eigenvalue weighted by molar-refractivity contribution is 5.94. The smallest absolute Gasteiger partial charge is 0.274 e. The standard InChI is InChI=1S/C12H20N4O.ClH/c1-7-4-10(5-13)6-16(7)12(17)11-8(2)9(3)14-15-11;/h7,10H,4-6,13H2,1-3H3,(H,14,15);1H. The first-order valence-corrected chi connectivity index (χ1v) is 6.07. The van der Waals surface area contributed by atoms with Crippen molar-refractivity contribution in [3.63, 3.8) is 0 Å². The number of likely N-dealkylation sites (tertiary alicyclic amines) is 1. The van der Waals surface area contributed by atoms with E-state index in [2.05, 4.69) is 17.1 Å². The van der Waals surface area contributed by atoms with Crippen molar-refractivity contribution in [2.24, 2.45) is 11.7 Å². The lowest BCUT2D eigenvalue weighted by molar-refractivity contribution is 0.0736. The molecule has 18 heavy (non-hydrogen) atoms. The van der Waals surface area contributed by atoms with Gasteiger partial charge in [0.25, 0.3) is 5.91 Å². The number of carbonyl (C=O) groups is 1. The van der Waals surface area contributed by atoms with Crippen LogP contribution in [0.25, 0.3) is 0 Å². The largest absolute Gasteiger partial charge is 0.334 e. The molecule has 0 spiro atoms. The Labute approximate surface area is 114 Å². The van der Waals surface area contributed by atoms with Crippen LogP contribution in [0, 0.1) is 19.8 Å². The van der Waals surface area contributed by atoms with Crippen LogP contribution in [-0.4, -0.2) is 40.1 Å².